The fourth-order valence-corrected chi connectivity index (χ4v) is 4.51. The summed E-state index contributed by atoms with van der Waals surface area (Å²) in [5.74, 6) is 1.19. The van der Waals surface area contributed by atoms with Crippen LogP contribution in [0, 0.1) is 11.5 Å². The molecule has 2 fully saturated rings. The van der Waals surface area contributed by atoms with Crippen LogP contribution in [0.1, 0.15) is 29.8 Å². The first-order valence-electron chi connectivity index (χ1n) is 10.1. The van der Waals surface area contributed by atoms with Crippen molar-refractivity contribution in [2.24, 2.45) is 0 Å². The Balaban J connectivity index is 1.33. The molecule has 7 heteroatoms. The monoisotopic (exact) mass is 399 g/mol. The van der Waals surface area contributed by atoms with Gasteiger partial charge in [-0.2, -0.15) is 10.4 Å². The third kappa shape index (κ3) is 3.26. The number of benzene rings is 2. The van der Waals surface area contributed by atoms with E-state index < -0.39 is 0 Å². The van der Waals surface area contributed by atoms with Crippen LogP contribution in [0.3, 0.4) is 0 Å². The van der Waals surface area contributed by atoms with E-state index in [1.54, 1.807) is 6.07 Å². The molecule has 0 spiro atoms. The third-order valence-corrected chi connectivity index (χ3v) is 5.93. The molecular formula is C23H21N5O2. The topological polar surface area (TPSA) is 94.0 Å². The highest BCUT2D eigenvalue weighted by Crippen LogP contribution is 2.37. The normalized spacial score (nSPS) is 22.0. The van der Waals surface area contributed by atoms with Crippen LogP contribution in [-0.2, 0) is 0 Å². The minimum absolute atomic E-state index is 0.00949. The van der Waals surface area contributed by atoms with Gasteiger partial charge in [-0.3, -0.25) is 9.89 Å². The summed E-state index contributed by atoms with van der Waals surface area (Å²) in [6.07, 6.45) is 5.05. The Bertz CT molecular complexity index is 1100. The largest absolute Gasteiger partial charge is 0.457 e. The zero-order valence-corrected chi connectivity index (χ0v) is 16.3. The van der Waals surface area contributed by atoms with Crippen molar-refractivity contribution in [1.29, 1.82) is 5.26 Å². The van der Waals surface area contributed by atoms with Gasteiger partial charge in [0.25, 0.3) is 5.91 Å². The van der Waals surface area contributed by atoms with Gasteiger partial charge in [0.2, 0.25) is 0 Å². The Kier molecular flexibility index (Phi) is 4.60. The first-order valence-corrected chi connectivity index (χ1v) is 10.1. The van der Waals surface area contributed by atoms with Gasteiger partial charge >= 0.3 is 0 Å². The van der Waals surface area contributed by atoms with Gasteiger partial charge in [0.1, 0.15) is 11.5 Å². The number of H-pyrrole nitrogens is 1. The maximum absolute atomic E-state index is 12.8. The van der Waals surface area contributed by atoms with Crippen LogP contribution in [0.5, 0.6) is 11.5 Å². The summed E-state index contributed by atoms with van der Waals surface area (Å²) in [6, 6.07) is 19.3. The van der Waals surface area contributed by atoms with Crippen molar-refractivity contribution in [3.8, 4) is 28.9 Å². The average molecular weight is 399 g/mol. The van der Waals surface area contributed by atoms with Crippen molar-refractivity contribution in [3.63, 3.8) is 0 Å². The molecule has 1 amide bonds. The molecule has 2 bridgehead atoms. The quantitative estimate of drug-likeness (QED) is 0.638. The molecule has 0 radical (unpaired) electrons. The highest BCUT2D eigenvalue weighted by molar-refractivity contribution is 5.93. The average Bonchev–Trinajstić information content (AvgIpc) is 3.49. The number of ether oxygens (including phenoxy) is 1. The molecule has 3 heterocycles. The van der Waals surface area contributed by atoms with E-state index in [4.69, 9.17) is 4.74 Å². The van der Waals surface area contributed by atoms with Crippen molar-refractivity contribution in [2.45, 2.75) is 37.4 Å². The number of aromatic amines is 1. The predicted octanol–water partition coefficient (Wildman–Crippen LogP) is 3.69. The summed E-state index contributed by atoms with van der Waals surface area (Å²) in [6.45, 7) is 0. The molecule has 1 aromatic heterocycles. The first-order chi connectivity index (χ1) is 14.7. The third-order valence-electron chi connectivity index (χ3n) is 5.93. The molecule has 30 heavy (non-hydrogen) atoms. The second kappa shape index (κ2) is 7.56. The van der Waals surface area contributed by atoms with Gasteiger partial charge in [-0.05, 0) is 49.6 Å². The highest BCUT2D eigenvalue weighted by Gasteiger charge is 2.46. The molecule has 2 saturated heterocycles. The van der Waals surface area contributed by atoms with Gasteiger partial charge in [-0.25, -0.2) is 0 Å². The summed E-state index contributed by atoms with van der Waals surface area (Å²) in [4.78, 5) is 14.6. The minimum Gasteiger partial charge on any atom is -0.457 e. The number of hydrogen-bond acceptors (Lipinski definition) is 5. The minimum atomic E-state index is -0.227. The Morgan fingerprint density at radius 3 is 2.77 bits per heavy atom. The molecule has 2 N–H and O–H groups in total. The van der Waals surface area contributed by atoms with Gasteiger partial charge < -0.3 is 15.0 Å². The fraction of sp³-hybridized carbons (Fsp3) is 0.261. The van der Waals surface area contributed by atoms with Crippen LogP contribution in [0.25, 0.3) is 11.3 Å². The Labute approximate surface area is 174 Å². The van der Waals surface area contributed by atoms with Gasteiger partial charge in [0, 0.05) is 11.6 Å². The maximum Gasteiger partial charge on any atom is 0.272 e. The smallest absolute Gasteiger partial charge is 0.272 e. The number of rotatable bonds is 5. The molecule has 0 saturated carbocycles. The molecule has 0 unspecified atom stereocenters. The van der Waals surface area contributed by atoms with Gasteiger partial charge in [0.05, 0.1) is 17.8 Å². The Hall–Kier alpha value is -3.79. The lowest BCUT2D eigenvalue weighted by Gasteiger charge is -2.21. The predicted molar refractivity (Wildman–Crippen MR) is 111 cm³/mol. The number of carbonyl (C=O) groups excluding carboxylic acids is 1. The number of fused-ring (bicyclic) bond motifs is 2. The molecule has 2 aliphatic rings. The van der Waals surface area contributed by atoms with Crippen LogP contribution in [-0.4, -0.2) is 39.1 Å². The molecule has 2 aromatic carbocycles. The van der Waals surface area contributed by atoms with E-state index in [-0.39, 0.29) is 24.0 Å². The Morgan fingerprint density at radius 2 is 1.97 bits per heavy atom. The van der Waals surface area contributed by atoms with E-state index in [2.05, 4.69) is 21.7 Å². The van der Waals surface area contributed by atoms with Crippen molar-refractivity contribution in [3.05, 3.63) is 66.4 Å². The molecule has 3 atom stereocenters. The van der Waals surface area contributed by atoms with E-state index in [1.807, 2.05) is 59.5 Å². The Morgan fingerprint density at radius 1 is 1.17 bits per heavy atom. The summed E-state index contributed by atoms with van der Waals surface area (Å²) in [7, 11) is 0. The summed E-state index contributed by atoms with van der Waals surface area (Å²) >= 11 is 0. The standard InChI is InChI=1S/C23H21N5O2/c24-14-28-15-10-11-21(28)19(12-15)25-23(29)20-13-18(26-27-20)17-8-4-5-9-22(17)30-16-6-2-1-3-7-16/h1-9,13,15,19,21H,10-12H2,(H,25,29)(H,26,27)/t15-,19+,21+/m0/s1. The molecule has 3 aromatic rings. The maximum atomic E-state index is 12.8. The second-order valence-corrected chi connectivity index (χ2v) is 7.70. The lowest BCUT2D eigenvalue weighted by molar-refractivity contribution is 0.0923. The molecule has 5 rings (SSSR count). The van der Waals surface area contributed by atoms with E-state index in [1.165, 1.54) is 0 Å². The number of carbonyl (C=O) groups is 1. The molecule has 150 valence electrons. The number of nitriles is 1. The number of nitrogens with zero attached hydrogens (tertiary/aromatic N) is 3. The van der Waals surface area contributed by atoms with E-state index >= 15 is 0 Å². The van der Waals surface area contributed by atoms with Crippen molar-refractivity contribution in [2.75, 3.05) is 0 Å². The van der Waals surface area contributed by atoms with Crippen molar-refractivity contribution in [1.82, 2.24) is 20.4 Å². The second-order valence-electron chi connectivity index (χ2n) is 7.70. The SMILES string of the molecule is N#CN1[C@H]2CC[C@@H]1[C@H](NC(=O)c1cc(-c3ccccc3Oc3ccccc3)[nH]n1)C2. The van der Waals surface area contributed by atoms with Crippen molar-refractivity contribution >= 4 is 5.91 Å². The zero-order chi connectivity index (χ0) is 20.5. The van der Waals surface area contributed by atoms with Crippen LogP contribution in [0.15, 0.2) is 60.7 Å². The molecular weight excluding hydrogens is 378 g/mol. The van der Waals surface area contributed by atoms with Crippen molar-refractivity contribution < 1.29 is 9.53 Å². The van der Waals surface area contributed by atoms with E-state index in [9.17, 15) is 10.1 Å². The number of hydrogen-bond donors (Lipinski definition) is 2. The molecule has 7 nitrogen and oxygen atoms in total. The van der Waals surface area contributed by atoms with E-state index in [0.717, 1.165) is 30.6 Å². The van der Waals surface area contributed by atoms with Gasteiger partial charge in [0.15, 0.2) is 11.9 Å². The van der Waals surface area contributed by atoms with Gasteiger partial charge in [-0.1, -0.05) is 30.3 Å². The summed E-state index contributed by atoms with van der Waals surface area (Å²) in [5, 5.41) is 19.5. The molecule has 0 aliphatic carbocycles. The first kappa shape index (κ1) is 18.3. The lowest BCUT2D eigenvalue weighted by Crippen LogP contribution is -2.43. The number of nitrogens with one attached hydrogen (secondary N) is 2. The van der Waals surface area contributed by atoms with E-state index in [0.29, 0.717) is 17.1 Å². The van der Waals surface area contributed by atoms with Crippen LogP contribution >= 0.6 is 0 Å². The van der Waals surface area contributed by atoms with Crippen LogP contribution in [0.2, 0.25) is 0 Å². The number of para-hydroxylation sites is 2. The van der Waals surface area contributed by atoms with Crippen LogP contribution in [0.4, 0.5) is 0 Å². The lowest BCUT2D eigenvalue weighted by atomic mass is 9.95. The number of amides is 1. The number of aromatic nitrogens is 2. The fourth-order valence-electron chi connectivity index (χ4n) is 4.51. The zero-order valence-electron chi connectivity index (χ0n) is 16.3. The van der Waals surface area contributed by atoms with Gasteiger partial charge in [-0.15, -0.1) is 0 Å². The van der Waals surface area contributed by atoms with Crippen LogP contribution < -0.4 is 10.1 Å². The summed E-state index contributed by atoms with van der Waals surface area (Å²) in [5.41, 5.74) is 1.85. The summed E-state index contributed by atoms with van der Waals surface area (Å²) < 4.78 is 6.01. The molecule has 2 aliphatic heterocycles. The highest BCUT2D eigenvalue weighted by atomic mass is 16.5.